The molecule has 0 radical (unpaired) electrons. The number of phenols is 1. The Hall–Kier alpha value is -0.750. The fraction of sp³-hybridized carbons (Fsp3) is 0.300. The maximum Gasteiger partial charge on any atom is 1.00 e. The van der Waals surface area contributed by atoms with E-state index in [-0.39, 0.29) is 48.0 Å². The first-order valence-electron chi connectivity index (χ1n) is 4.42. The minimum Gasteiger partial charge on any atom is -1.00 e. The van der Waals surface area contributed by atoms with Gasteiger partial charge in [-0.3, -0.25) is 0 Å². The van der Waals surface area contributed by atoms with Crippen LogP contribution in [0.4, 0.5) is 0 Å². The van der Waals surface area contributed by atoms with Crippen LogP contribution < -0.4 is 34.3 Å². The molecule has 1 atom stereocenters. The van der Waals surface area contributed by atoms with Gasteiger partial charge in [-0.25, -0.2) is 4.79 Å². The second kappa shape index (κ2) is 6.75. The Morgan fingerprint density at radius 3 is 2.69 bits per heavy atom. The van der Waals surface area contributed by atoms with Crippen molar-refractivity contribution in [3.8, 4) is 11.5 Å². The van der Waals surface area contributed by atoms with Gasteiger partial charge >= 0.3 is 35.5 Å². The number of ether oxygens (including phenoxy) is 1. The molecule has 1 rings (SSSR count). The summed E-state index contributed by atoms with van der Waals surface area (Å²) in [6, 6.07) is 3.92. The Labute approximate surface area is 116 Å². The number of benzene rings is 1. The third-order valence-corrected chi connectivity index (χ3v) is 1.83. The van der Waals surface area contributed by atoms with E-state index in [1.807, 2.05) is 0 Å². The summed E-state index contributed by atoms with van der Waals surface area (Å²) in [5, 5.41) is 27.1. The van der Waals surface area contributed by atoms with Gasteiger partial charge in [-0.15, -0.1) is 0 Å². The molecule has 0 saturated heterocycles. The molecule has 84 valence electrons. The number of carboxylic acid groups (broad SMARTS) is 1. The van der Waals surface area contributed by atoms with Crippen LogP contribution in [0.5, 0.6) is 11.5 Å². The molecule has 0 aliphatic heterocycles. The molecule has 1 aromatic rings. The van der Waals surface area contributed by atoms with Gasteiger partial charge in [0.25, 0.3) is 0 Å². The summed E-state index contributed by atoms with van der Waals surface area (Å²) in [5.41, 5.74) is 0.170. The first-order chi connectivity index (χ1) is 7.06. The Balaban J connectivity index is 0. The van der Waals surface area contributed by atoms with E-state index < -0.39 is 12.1 Å². The minimum absolute atomic E-state index is 0. The maximum atomic E-state index is 10.5. The first kappa shape index (κ1) is 15.2. The summed E-state index contributed by atoms with van der Waals surface area (Å²) in [7, 11) is 0. The van der Waals surface area contributed by atoms with Gasteiger partial charge in [-0.05, 0) is 24.6 Å². The molecule has 16 heavy (non-hydrogen) atoms. The Kier molecular flexibility index (Phi) is 6.43. The Bertz CT molecular complexity index is 372. The number of aliphatic carboxylic acids is 1. The summed E-state index contributed by atoms with van der Waals surface area (Å²) in [5.74, 6) is -1.27. The predicted octanol–water partition coefficient (Wildman–Crippen LogP) is -1.97. The molecule has 0 unspecified atom stereocenters. The zero-order valence-electron chi connectivity index (χ0n) is 10.2. The van der Waals surface area contributed by atoms with E-state index in [1.54, 1.807) is 6.92 Å². The topological polar surface area (TPSA) is 87.0 Å². The maximum absolute atomic E-state index is 10.5. The van der Waals surface area contributed by atoms with Crippen LogP contribution in [0.1, 0.15) is 20.0 Å². The molecule has 0 aromatic heterocycles. The van der Waals surface area contributed by atoms with E-state index in [0.717, 1.165) is 0 Å². The van der Waals surface area contributed by atoms with Crippen molar-refractivity contribution in [1.29, 1.82) is 0 Å². The fourth-order valence-electron chi connectivity index (χ4n) is 1.11. The number of aromatic hydroxyl groups is 1. The van der Waals surface area contributed by atoms with Gasteiger partial charge < -0.3 is 21.5 Å². The van der Waals surface area contributed by atoms with E-state index in [0.29, 0.717) is 6.61 Å². The summed E-state index contributed by atoms with van der Waals surface area (Å²) in [4.78, 5) is 10.5. The summed E-state index contributed by atoms with van der Waals surface area (Å²) in [6.45, 7) is 2.08. The van der Waals surface area contributed by atoms with E-state index in [2.05, 4.69) is 0 Å². The van der Waals surface area contributed by atoms with Gasteiger partial charge in [-0.2, -0.15) is 0 Å². The zero-order valence-corrected chi connectivity index (χ0v) is 11.2. The van der Waals surface area contributed by atoms with Crippen molar-refractivity contribution >= 4 is 5.97 Å². The van der Waals surface area contributed by atoms with Gasteiger partial charge in [0.15, 0.2) is 17.6 Å². The molecule has 0 aliphatic rings. The predicted molar refractivity (Wildman–Crippen MR) is 53.0 cm³/mol. The molecule has 0 amide bonds. The minimum atomic E-state index is -1.61. The molecule has 3 N–H and O–H groups in total. The molecule has 1 aromatic carbocycles. The fourth-order valence-corrected chi connectivity index (χ4v) is 1.11. The molecule has 0 saturated carbocycles. The van der Waals surface area contributed by atoms with E-state index >= 15 is 0 Å². The van der Waals surface area contributed by atoms with Crippen molar-refractivity contribution in [2.24, 2.45) is 0 Å². The number of phenolic OH excluding ortho intramolecular Hbond substituents is 1. The third kappa shape index (κ3) is 3.68. The van der Waals surface area contributed by atoms with Crippen LogP contribution in [-0.4, -0.2) is 27.9 Å². The number of rotatable bonds is 4. The number of aliphatic hydroxyl groups is 1. The number of hydrogen-bond acceptors (Lipinski definition) is 4. The van der Waals surface area contributed by atoms with Gasteiger partial charge in [0.2, 0.25) is 0 Å². The van der Waals surface area contributed by atoms with Crippen LogP contribution in [0.25, 0.3) is 0 Å². The largest absolute Gasteiger partial charge is 1.00 e. The van der Waals surface area contributed by atoms with Gasteiger partial charge in [-0.1, -0.05) is 6.07 Å². The van der Waals surface area contributed by atoms with Gasteiger partial charge in [0.05, 0.1) is 6.61 Å². The van der Waals surface area contributed by atoms with E-state index in [1.165, 1.54) is 18.2 Å². The monoisotopic (exact) mass is 236 g/mol. The summed E-state index contributed by atoms with van der Waals surface area (Å²) < 4.78 is 5.05. The molecule has 6 heteroatoms. The van der Waals surface area contributed by atoms with Crippen LogP contribution in [0.2, 0.25) is 0 Å². The first-order valence-corrected chi connectivity index (χ1v) is 4.42. The number of carboxylic acids is 1. The van der Waals surface area contributed by atoms with Crippen molar-refractivity contribution < 1.29 is 55.8 Å². The summed E-state index contributed by atoms with van der Waals surface area (Å²) >= 11 is 0. The number of hydrogen-bond donors (Lipinski definition) is 3. The average molecular weight is 236 g/mol. The van der Waals surface area contributed by atoms with E-state index in [9.17, 15) is 15.0 Å². The van der Waals surface area contributed by atoms with Crippen molar-refractivity contribution in [3.05, 3.63) is 23.8 Å². The van der Waals surface area contributed by atoms with E-state index in [4.69, 9.17) is 9.84 Å². The Morgan fingerprint density at radius 1 is 1.56 bits per heavy atom. The van der Waals surface area contributed by atoms with Crippen LogP contribution >= 0.6 is 0 Å². The normalized spacial score (nSPS) is 11.4. The van der Waals surface area contributed by atoms with Crippen molar-refractivity contribution in [1.82, 2.24) is 0 Å². The third-order valence-electron chi connectivity index (χ3n) is 1.83. The molecule has 0 heterocycles. The van der Waals surface area contributed by atoms with Crippen LogP contribution in [0.3, 0.4) is 0 Å². The summed E-state index contributed by atoms with van der Waals surface area (Å²) in [6.07, 6.45) is -1.61. The molecule has 5 nitrogen and oxygen atoms in total. The average Bonchev–Trinajstić information content (AvgIpc) is 2.20. The van der Waals surface area contributed by atoms with Crippen LogP contribution in [0.15, 0.2) is 18.2 Å². The Morgan fingerprint density at radius 2 is 2.19 bits per heavy atom. The van der Waals surface area contributed by atoms with Crippen molar-refractivity contribution in [2.75, 3.05) is 6.61 Å². The SMILES string of the molecule is CCOc1cc([C@@H](O)C(=O)O)ccc1O.[H-].[Na+]. The molecule has 0 spiro atoms. The smallest absolute Gasteiger partial charge is 1.00 e. The molecule has 0 aliphatic carbocycles. The quantitative estimate of drug-likeness (QED) is 0.528. The van der Waals surface area contributed by atoms with Crippen LogP contribution in [-0.2, 0) is 4.79 Å². The molecule has 0 bridgehead atoms. The van der Waals surface area contributed by atoms with Gasteiger partial charge in [0, 0.05) is 0 Å². The molecular weight excluding hydrogens is 223 g/mol. The molecule has 0 fully saturated rings. The second-order valence-corrected chi connectivity index (χ2v) is 2.90. The standard InChI is InChI=1S/C10H12O5.Na.H/c1-2-15-8-5-6(3-4-7(8)11)9(12)10(13)14;;/h3-5,9,11-12H,2H2,1H3,(H,13,14);;/q;+1;-1/t9-;;/m1../s1. The number of aliphatic hydroxyl groups excluding tert-OH is 1. The van der Waals surface area contributed by atoms with Crippen LogP contribution in [0, 0.1) is 0 Å². The second-order valence-electron chi connectivity index (χ2n) is 2.90. The van der Waals surface area contributed by atoms with Crippen molar-refractivity contribution in [3.63, 3.8) is 0 Å². The van der Waals surface area contributed by atoms with Crippen molar-refractivity contribution in [2.45, 2.75) is 13.0 Å². The zero-order chi connectivity index (χ0) is 11.4. The van der Waals surface area contributed by atoms with Gasteiger partial charge in [0.1, 0.15) is 0 Å². The molecular formula is C10H13NaO5. The number of carbonyl (C=O) groups is 1.